The maximum Gasteiger partial charge on any atom is 0.253 e. The second kappa shape index (κ2) is 8.52. The van der Waals surface area contributed by atoms with Crippen molar-refractivity contribution in [3.05, 3.63) is 66.0 Å². The van der Waals surface area contributed by atoms with Crippen LogP contribution in [0.25, 0.3) is 0 Å². The first-order chi connectivity index (χ1) is 13.7. The van der Waals surface area contributed by atoms with Gasteiger partial charge in [-0.05, 0) is 30.5 Å². The molecule has 2 saturated heterocycles. The normalized spacial score (nSPS) is 20.6. The van der Waals surface area contributed by atoms with Crippen molar-refractivity contribution in [3.63, 3.8) is 0 Å². The van der Waals surface area contributed by atoms with E-state index < -0.39 is 0 Å². The highest BCUT2D eigenvalue weighted by molar-refractivity contribution is 5.94. The van der Waals surface area contributed by atoms with Crippen LogP contribution in [0.15, 0.2) is 54.9 Å². The van der Waals surface area contributed by atoms with Gasteiger partial charge >= 0.3 is 0 Å². The van der Waals surface area contributed by atoms with Crippen LogP contribution >= 0.6 is 0 Å². The van der Waals surface area contributed by atoms with Gasteiger partial charge in [0.1, 0.15) is 0 Å². The lowest BCUT2D eigenvalue weighted by Crippen LogP contribution is -2.48. The molecule has 2 aliphatic rings. The zero-order chi connectivity index (χ0) is 19.3. The fourth-order valence-electron chi connectivity index (χ4n) is 4.10. The first-order valence-corrected chi connectivity index (χ1v) is 9.96. The highest BCUT2D eigenvalue weighted by Crippen LogP contribution is 2.19. The zero-order valence-electron chi connectivity index (χ0n) is 16.0. The number of amides is 2. The second-order valence-corrected chi connectivity index (χ2v) is 7.63. The van der Waals surface area contributed by atoms with Crippen LogP contribution in [0.1, 0.15) is 35.2 Å². The molecule has 2 aliphatic heterocycles. The van der Waals surface area contributed by atoms with Gasteiger partial charge in [0.05, 0.1) is 0 Å². The van der Waals surface area contributed by atoms with Gasteiger partial charge in [-0.15, -0.1) is 0 Å². The number of carbonyl (C=O) groups excluding carboxylic acids is 2. The Morgan fingerprint density at radius 2 is 1.75 bits per heavy atom. The van der Waals surface area contributed by atoms with E-state index in [1.165, 1.54) is 5.56 Å². The van der Waals surface area contributed by atoms with Gasteiger partial charge in [-0.3, -0.25) is 14.6 Å². The standard InChI is InChI=1S/C22H26N4O2/c27-21-14-20(16-26(21)15-17-4-2-1-3-5-17)24-19-8-12-25(13-9-19)22(28)18-6-10-23-11-7-18/h1-7,10-11,19-20,24H,8-9,12-16H2. The van der Waals surface area contributed by atoms with Crippen molar-refractivity contribution in [3.8, 4) is 0 Å². The monoisotopic (exact) mass is 378 g/mol. The fourth-order valence-corrected chi connectivity index (χ4v) is 4.10. The van der Waals surface area contributed by atoms with Gasteiger partial charge in [-0.1, -0.05) is 30.3 Å². The number of rotatable bonds is 5. The van der Waals surface area contributed by atoms with Crippen molar-refractivity contribution < 1.29 is 9.59 Å². The van der Waals surface area contributed by atoms with Gasteiger partial charge in [-0.2, -0.15) is 0 Å². The van der Waals surface area contributed by atoms with E-state index in [0.29, 0.717) is 24.6 Å². The molecule has 1 aromatic heterocycles. The SMILES string of the molecule is O=C1CC(NC2CCN(C(=O)c3ccncc3)CC2)CN1Cc1ccccc1. The highest BCUT2D eigenvalue weighted by Gasteiger charge is 2.32. The van der Waals surface area contributed by atoms with Crippen LogP contribution in [-0.4, -0.2) is 58.3 Å². The van der Waals surface area contributed by atoms with Gasteiger partial charge in [-0.25, -0.2) is 0 Å². The summed E-state index contributed by atoms with van der Waals surface area (Å²) >= 11 is 0. The van der Waals surface area contributed by atoms with E-state index in [-0.39, 0.29) is 17.9 Å². The van der Waals surface area contributed by atoms with Gasteiger partial charge in [0.25, 0.3) is 5.91 Å². The number of pyridine rings is 1. The summed E-state index contributed by atoms with van der Waals surface area (Å²) in [5, 5.41) is 3.65. The van der Waals surface area contributed by atoms with Crippen molar-refractivity contribution >= 4 is 11.8 Å². The second-order valence-electron chi connectivity index (χ2n) is 7.63. The van der Waals surface area contributed by atoms with Crippen LogP contribution in [0.2, 0.25) is 0 Å². The maximum absolute atomic E-state index is 12.5. The number of nitrogens with one attached hydrogen (secondary N) is 1. The minimum atomic E-state index is 0.0749. The third-order valence-electron chi connectivity index (χ3n) is 5.61. The number of likely N-dealkylation sites (tertiary alicyclic amines) is 2. The average molecular weight is 378 g/mol. The molecule has 1 N–H and O–H groups in total. The van der Waals surface area contributed by atoms with Crippen LogP contribution < -0.4 is 5.32 Å². The Bertz CT molecular complexity index is 804. The molecule has 0 spiro atoms. The number of hydrogen-bond donors (Lipinski definition) is 1. The number of carbonyl (C=O) groups is 2. The van der Waals surface area contributed by atoms with Crippen LogP contribution in [0.5, 0.6) is 0 Å². The first-order valence-electron chi connectivity index (χ1n) is 9.96. The van der Waals surface area contributed by atoms with Crippen molar-refractivity contribution in [1.82, 2.24) is 20.1 Å². The molecule has 6 nitrogen and oxygen atoms in total. The molecule has 2 aromatic rings. The quantitative estimate of drug-likeness (QED) is 0.865. The molecule has 2 amide bonds. The molecule has 146 valence electrons. The first kappa shape index (κ1) is 18.6. The van der Waals surface area contributed by atoms with Gasteiger partial charge in [0.15, 0.2) is 0 Å². The van der Waals surface area contributed by atoms with E-state index in [4.69, 9.17) is 0 Å². The minimum Gasteiger partial charge on any atom is -0.339 e. The van der Waals surface area contributed by atoms with Gasteiger partial charge in [0, 0.05) is 62.6 Å². The Morgan fingerprint density at radius 3 is 2.46 bits per heavy atom. The predicted octanol–water partition coefficient (Wildman–Crippen LogP) is 2.08. The minimum absolute atomic E-state index is 0.0749. The fraction of sp³-hybridized carbons (Fsp3) is 0.409. The van der Waals surface area contributed by atoms with Crippen molar-refractivity contribution in [2.45, 2.75) is 37.9 Å². The molecule has 28 heavy (non-hydrogen) atoms. The summed E-state index contributed by atoms with van der Waals surface area (Å²) in [6, 6.07) is 14.2. The van der Waals surface area contributed by atoms with Crippen LogP contribution in [0.4, 0.5) is 0 Å². The van der Waals surface area contributed by atoms with Crippen molar-refractivity contribution in [2.75, 3.05) is 19.6 Å². The molecule has 0 saturated carbocycles. The van der Waals surface area contributed by atoms with Crippen molar-refractivity contribution in [2.24, 2.45) is 0 Å². The molecule has 0 radical (unpaired) electrons. The summed E-state index contributed by atoms with van der Waals surface area (Å²) in [6.07, 6.45) is 5.70. The lowest BCUT2D eigenvalue weighted by molar-refractivity contribution is -0.128. The molecule has 1 unspecified atom stereocenters. The zero-order valence-corrected chi connectivity index (χ0v) is 16.0. The van der Waals surface area contributed by atoms with E-state index >= 15 is 0 Å². The molecule has 1 aromatic carbocycles. The molecular formula is C22H26N4O2. The molecule has 3 heterocycles. The van der Waals surface area contributed by atoms with Gasteiger partial charge in [0.2, 0.25) is 5.91 Å². The molecule has 0 aliphatic carbocycles. The van der Waals surface area contributed by atoms with E-state index in [1.54, 1.807) is 24.5 Å². The summed E-state index contributed by atoms with van der Waals surface area (Å²) in [5.41, 5.74) is 1.86. The molecule has 6 heteroatoms. The molecule has 0 bridgehead atoms. The van der Waals surface area contributed by atoms with Crippen LogP contribution in [0, 0.1) is 0 Å². The largest absolute Gasteiger partial charge is 0.339 e. The number of piperidine rings is 1. The Balaban J connectivity index is 1.25. The third kappa shape index (κ3) is 4.39. The van der Waals surface area contributed by atoms with E-state index in [0.717, 1.165) is 32.5 Å². The van der Waals surface area contributed by atoms with E-state index in [9.17, 15) is 9.59 Å². The topological polar surface area (TPSA) is 65.5 Å². The van der Waals surface area contributed by atoms with E-state index in [2.05, 4.69) is 22.4 Å². The highest BCUT2D eigenvalue weighted by atomic mass is 16.2. The van der Waals surface area contributed by atoms with Crippen LogP contribution in [0.3, 0.4) is 0 Å². The predicted molar refractivity (Wildman–Crippen MR) is 107 cm³/mol. The number of nitrogens with zero attached hydrogens (tertiary/aromatic N) is 3. The van der Waals surface area contributed by atoms with Crippen LogP contribution in [-0.2, 0) is 11.3 Å². The average Bonchev–Trinajstić information content (AvgIpc) is 3.08. The molecular weight excluding hydrogens is 352 g/mol. The molecule has 4 rings (SSSR count). The summed E-state index contributed by atoms with van der Waals surface area (Å²) in [7, 11) is 0. The Morgan fingerprint density at radius 1 is 1.04 bits per heavy atom. The molecule has 1 atom stereocenters. The van der Waals surface area contributed by atoms with Crippen molar-refractivity contribution in [1.29, 1.82) is 0 Å². The molecule has 2 fully saturated rings. The van der Waals surface area contributed by atoms with E-state index in [1.807, 2.05) is 28.0 Å². The van der Waals surface area contributed by atoms with Gasteiger partial charge < -0.3 is 15.1 Å². The number of hydrogen-bond acceptors (Lipinski definition) is 4. The summed E-state index contributed by atoms with van der Waals surface area (Å²) in [5.74, 6) is 0.289. The summed E-state index contributed by atoms with van der Waals surface area (Å²) in [4.78, 5) is 32.7. The summed E-state index contributed by atoms with van der Waals surface area (Å²) < 4.78 is 0. The Kier molecular flexibility index (Phi) is 5.67. The maximum atomic E-state index is 12.5. The number of aromatic nitrogens is 1. The smallest absolute Gasteiger partial charge is 0.253 e. The lowest BCUT2D eigenvalue weighted by Gasteiger charge is -2.34. The Labute approximate surface area is 165 Å². The third-order valence-corrected chi connectivity index (χ3v) is 5.61. The lowest BCUT2D eigenvalue weighted by atomic mass is 10.0. The number of benzene rings is 1. The Hall–Kier alpha value is -2.73. The summed E-state index contributed by atoms with van der Waals surface area (Å²) in [6.45, 7) is 2.92.